The maximum absolute atomic E-state index is 12.5. The Morgan fingerprint density at radius 3 is 2.24 bits per heavy atom. The van der Waals surface area contributed by atoms with Crippen LogP contribution >= 0.6 is 0 Å². The fourth-order valence-corrected chi connectivity index (χ4v) is 3.73. The largest absolute Gasteiger partial charge is 0.479 e. The van der Waals surface area contributed by atoms with Crippen LogP contribution in [-0.2, 0) is 15.1 Å². The van der Waals surface area contributed by atoms with E-state index in [9.17, 15) is 14.7 Å². The molecule has 0 saturated heterocycles. The molecule has 1 aromatic rings. The van der Waals surface area contributed by atoms with Crippen LogP contribution in [-0.4, -0.2) is 17.0 Å². The summed E-state index contributed by atoms with van der Waals surface area (Å²) in [7, 11) is 0. The number of carboxylic acid groups (broad SMARTS) is 1. The highest BCUT2D eigenvalue weighted by molar-refractivity contribution is 5.90. The van der Waals surface area contributed by atoms with Gasteiger partial charge in [0.2, 0.25) is 5.91 Å². The number of hydrogen-bond acceptors (Lipinski definition) is 2. The van der Waals surface area contributed by atoms with E-state index in [-0.39, 0.29) is 11.8 Å². The summed E-state index contributed by atoms with van der Waals surface area (Å²) in [6, 6.07) is 8.91. The van der Waals surface area contributed by atoms with Gasteiger partial charge >= 0.3 is 5.97 Å². The molecule has 0 radical (unpaired) electrons. The Morgan fingerprint density at radius 1 is 1.14 bits per heavy atom. The van der Waals surface area contributed by atoms with Crippen LogP contribution in [0.25, 0.3) is 0 Å². The van der Waals surface area contributed by atoms with Crippen LogP contribution in [0.1, 0.15) is 38.2 Å². The van der Waals surface area contributed by atoms with E-state index in [1.807, 2.05) is 6.07 Å². The van der Waals surface area contributed by atoms with Gasteiger partial charge in [-0.2, -0.15) is 0 Å². The lowest BCUT2D eigenvalue weighted by molar-refractivity contribution is -0.147. The zero-order valence-electron chi connectivity index (χ0n) is 12.2. The van der Waals surface area contributed by atoms with Crippen molar-refractivity contribution in [3.63, 3.8) is 0 Å². The predicted molar refractivity (Wildman–Crippen MR) is 78.5 cm³/mol. The van der Waals surface area contributed by atoms with Crippen molar-refractivity contribution in [1.82, 2.24) is 5.32 Å². The average Bonchev–Trinajstić information content (AvgIpc) is 3.22. The monoisotopic (exact) mass is 287 g/mol. The van der Waals surface area contributed by atoms with Gasteiger partial charge in [-0.05, 0) is 37.2 Å². The molecule has 1 aromatic carbocycles. The van der Waals surface area contributed by atoms with Gasteiger partial charge in [0.05, 0.1) is 0 Å². The van der Waals surface area contributed by atoms with Crippen molar-refractivity contribution in [2.45, 2.75) is 38.1 Å². The second kappa shape index (κ2) is 5.17. The summed E-state index contributed by atoms with van der Waals surface area (Å²) in [5.74, 6) is -0.138. The SMILES string of the molecule is CC(NC(=O)C1C2CCCCC21)(C(=O)O)c1ccccc1. The third-order valence-corrected chi connectivity index (χ3v) is 5.11. The van der Waals surface area contributed by atoms with Gasteiger partial charge in [0.25, 0.3) is 0 Å². The van der Waals surface area contributed by atoms with E-state index in [0.29, 0.717) is 17.4 Å². The smallest absolute Gasteiger partial charge is 0.333 e. The molecule has 0 aromatic heterocycles. The van der Waals surface area contributed by atoms with Crippen molar-refractivity contribution in [3.8, 4) is 0 Å². The highest BCUT2D eigenvalue weighted by atomic mass is 16.4. The number of carboxylic acids is 1. The van der Waals surface area contributed by atoms with Crippen LogP contribution in [0.2, 0.25) is 0 Å². The van der Waals surface area contributed by atoms with Crippen molar-refractivity contribution < 1.29 is 14.7 Å². The van der Waals surface area contributed by atoms with Crippen molar-refractivity contribution in [2.24, 2.45) is 17.8 Å². The fraction of sp³-hybridized carbons (Fsp3) is 0.529. The van der Waals surface area contributed by atoms with Crippen LogP contribution < -0.4 is 5.32 Å². The Balaban J connectivity index is 1.77. The quantitative estimate of drug-likeness (QED) is 0.894. The lowest BCUT2D eigenvalue weighted by Crippen LogP contribution is -2.50. The highest BCUT2D eigenvalue weighted by Crippen LogP contribution is 2.55. The first-order chi connectivity index (χ1) is 10.0. The molecule has 0 bridgehead atoms. The molecule has 2 aliphatic rings. The summed E-state index contributed by atoms with van der Waals surface area (Å²) in [4.78, 5) is 24.2. The summed E-state index contributed by atoms with van der Waals surface area (Å²) in [5, 5.41) is 12.4. The lowest BCUT2D eigenvalue weighted by Gasteiger charge is -2.27. The second-order valence-corrected chi connectivity index (χ2v) is 6.42. The minimum Gasteiger partial charge on any atom is -0.479 e. The first-order valence-electron chi connectivity index (χ1n) is 7.65. The highest BCUT2D eigenvalue weighted by Gasteiger charge is 2.56. The Bertz CT molecular complexity index is 544. The molecule has 2 fully saturated rings. The van der Waals surface area contributed by atoms with Crippen LogP contribution in [0, 0.1) is 17.8 Å². The molecule has 1 amide bonds. The third kappa shape index (κ3) is 2.43. The van der Waals surface area contributed by atoms with Gasteiger partial charge in [0.15, 0.2) is 5.54 Å². The van der Waals surface area contributed by atoms with Crippen LogP contribution in [0.4, 0.5) is 0 Å². The number of rotatable bonds is 4. The minimum absolute atomic E-state index is 0.0230. The van der Waals surface area contributed by atoms with Crippen molar-refractivity contribution in [1.29, 1.82) is 0 Å². The molecule has 3 atom stereocenters. The zero-order valence-corrected chi connectivity index (χ0v) is 12.2. The molecule has 0 spiro atoms. The van der Waals surface area contributed by atoms with Crippen LogP contribution in [0.5, 0.6) is 0 Å². The van der Waals surface area contributed by atoms with Gasteiger partial charge in [-0.1, -0.05) is 43.2 Å². The fourth-order valence-electron chi connectivity index (χ4n) is 3.73. The normalized spacial score (nSPS) is 29.9. The molecule has 0 heterocycles. The Kier molecular flexibility index (Phi) is 3.47. The maximum Gasteiger partial charge on any atom is 0.333 e. The number of benzene rings is 1. The lowest BCUT2D eigenvalue weighted by atomic mass is 9.91. The summed E-state index contributed by atoms with van der Waals surface area (Å²) >= 11 is 0. The van der Waals surface area contributed by atoms with Crippen LogP contribution in [0.3, 0.4) is 0 Å². The van der Waals surface area contributed by atoms with E-state index in [2.05, 4.69) is 5.32 Å². The first kappa shape index (κ1) is 14.1. The maximum atomic E-state index is 12.5. The van der Waals surface area contributed by atoms with Gasteiger partial charge in [-0.3, -0.25) is 4.79 Å². The van der Waals surface area contributed by atoms with E-state index < -0.39 is 11.5 Å². The van der Waals surface area contributed by atoms with E-state index in [1.165, 1.54) is 12.8 Å². The number of nitrogens with one attached hydrogen (secondary N) is 1. The molecular formula is C17H21NO3. The molecular weight excluding hydrogens is 266 g/mol. The van der Waals surface area contributed by atoms with Gasteiger partial charge in [-0.15, -0.1) is 0 Å². The summed E-state index contributed by atoms with van der Waals surface area (Å²) < 4.78 is 0. The average molecular weight is 287 g/mol. The van der Waals surface area contributed by atoms with Crippen molar-refractivity contribution in [2.75, 3.05) is 0 Å². The molecule has 3 rings (SSSR count). The summed E-state index contributed by atoms with van der Waals surface area (Å²) in [5.41, 5.74) is -0.751. The molecule has 4 nitrogen and oxygen atoms in total. The van der Waals surface area contributed by atoms with Gasteiger partial charge in [0, 0.05) is 5.92 Å². The van der Waals surface area contributed by atoms with E-state index >= 15 is 0 Å². The van der Waals surface area contributed by atoms with E-state index in [0.717, 1.165) is 12.8 Å². The van der Waals surface area contributed by atoms with E-state index in [4.69, 9.17) is 0 Å². The molecule has 112 valence electrons. The summed E-state index contributed by atoms with van der Waals surface area (Å²) in [6.07, 6.45) is 4.61. The number of hydrogen-bond donors (Lipinski definition) is 2. The van der Waals surface area contributed by atoms with E-state index in [1.54, 1.807) is 31.2 Å². The Morgan fingerprint density at radius 2 is 1.71 bits per heavy atom. The van der Waals surface area contributed by atoms with Crippen molar-refractivity contribution >= 4 is 11.9 Å². The number of fused-ring (bicyclic) bond motifs is 1. The Labute approximate surface area is 124 Å². The number of aliphatic carboxylic acids is 1. The predicted octanol–water partition coefficient (Wildman–Crippen LogP) is 2.54. The van der Waals surface area contributed by atoms with Gasteiger partial charge in [-0.25, -0.2) is 4.79 Å². The second-order valence-electron chi connectivity index (χ2n) is 6.42. The molecule has 2 aliphatic carbocycles. The van der Waals surface area contributed by atoms with Gasteiger partial charge in [0.1, 0.15) is 0 Å². The third-order valence-electron chi connectivity index (χ3n) is 5.11. The van der Waals surface area contributed by atoms with Gasteiger partial charge < -0.3 is 10.4 Å². The topological polar surface area (TPSA) is 66.4 Å². The van der Waals surface area contributed by atoms with Crippen molar-refractivity contribution in [3.05, 3.63) is 35.9 Å². The molecule has 2 saturated carbocycles. The molecule has 21 heavy (non-hydrogen) atoms. The first-order valence-corrected chi connectivity index (χ1v) is 7.65. The summed E-state index contributed by atoms with van der Waals surface area (Å²) in [6.45, 7) is 1.56. The van der Waals surface area contributed by atoms with Crippen LogP contribution in [0.15, 0.2) is 30.3 Å². The standard InChI is InChI=1S/C17H21NO3/c1-17(16(20)21,11-7-3-2-4-8-11)18-15(19)14-12-9-5-6-10-13(12)14/h2-4,7-8,12-14H,5-6,9-10H2,1H3,(H,18,19)(H,20,21). The molecule has 3 unspecified atom stereocenters. The minimum atomic E-state index is -1.36. The molecule has 2 N–H and O–H groups in total. The number of amides is 1. The number of carbonyl (C=O) groups is 2. The Hall–Kier alpha value is -1.84. The zero-order chi connectivity index (χ0) is 15.0. The molecule has 4 heteroatoms. The molecule has 0 aliphatic heterocycles. The number of carbonyl (C=O) groups excluding carboxylic acids is 1.